The molecular weight excluding hydrogens is 416 g/mol. The first kappa shape index (κ1) is 23.3. The number of hydrogen-bond acceptors (Lipinski definition) is 4. The molecule has 7 nitrogen and oxygen atoms in total. The lowest BCUT2D eigenvalue weighted by atomic mass is 10.0. The maximum Gasteiger partial charge on any atom is 0.257 e. The SMILES string of the molecule is Cc1cc(C)n2nc(CCCNC(=O)C(NC(=O)c3c(F)cccc3F)C(C)C)cc2n1. The summed E-state index contributed by atoms with van der Waals surface area (Å²) in [5, 5.41) is 9.77. The zero-order valence-corrected chi connectivity index (χ0v) is 18.6. The van der Waals surface area contributed by atoms with Gasteiger partial charge in [-0.05, 0) is 50.8 Å². The highest BCUT2D eigenvalue weighted by Crippen LogP contribution is 2.14. The van der Waals surface area contributed by atoms with Crippen LogP contribution in [0.5, 0.6) is 0 Å². The molecule has 0 fully saturated rings. The van der Waals surface area contributed by atoms with E-state index in [2.05, 4.69) is 20.7 Å². The van der Waals surface area contributed by atoms with E-state index in [9.17, 15) is 18.4 Å². The molecule has 0 aliphatic heterocycles. The Morgan fingerprint density at radius 3 is 2.47 bits per heavy atom. The van der Waals surface area contributed by atoms with E-state index in [0.29, 0.717) is 19.4 Å². The zero-order chi connectivity index (χ0) is 23.4. The van der Waals surface area contributed by atoms with E-state index in [1.165, 1.54) is 6.07 Å². The highest BCUT2D eigenvalue weighted by atomic mass is 19.1. The lowest BCUT2D eigenvalue weighted by molar-refractivity contribution is -0.123. The maximum atomic E-state index is 13.9. The Balaban J connectivity index is 1.56. The monoisotopic (exact) mass is 443 g/mol. The third kappa shape index (κ3) is 5.27. The summed E-state index contributed by atoms with van der Waals surface area (Å²) in [6.45, 7) is 7.75. The highest BCUT2D eigenvalue weighted by molar-refractivity contribution is 5.98. The molecule has 2 N–H and O–H groups in total. The number of amides is 2. The van der Waals surface area contributed by atoms with Crippen molar-refractivity contribution in [1.82, 2.24) is 25.2 Å². The van der Waals surface area contributed by atoms with Crippen LogP contribution in [0.4, 0.5) is 8.78 Å². The first-order valence-corrected chi connectivity index (χ1v) is 10.5. The second-order valence-corrected chi connectivity index (χ2v) is 8.13. The van der Waals surface area contributed by atoms with Crippen LogP contribution in [0.25, 0.3) is 5.65 Å². The van der Waals surface area contributed by atoms with Crippen molar-refractivity contribution in [2.45, 2.75) is 46.6 Å². The predicted octanol–water partition coefficient (Wildman–Crippen LogP) is 3.13. The van der Waals surface area contributed by atoms with Gasteiger partial charge in [0, 0.05) is 24.0 Å². The van der Waals surface area contributed by atoms with Gasteiger partial charge in [-0.15, -0.1) is 0 Å². The van der Waals surface area contributed by atoms with Gasteiger partial charge in [0.2, 0.25) is 5.91 Å². The normalized spacial score (nSPS) is 12.2. The molecule has 0 spiro atoms. The van der Waals surface area contributed by atoms with E-state index in [-0.39, 0.29) is 5.92 Å². The maximum absolute atomic E-state index is 13.9. The number of rotatable bonds is 8. The number of hydrogen-bond donors (Lipinski definition) is 2. The fraction of sp³-hybridized carbons (Fsp3) is 0.391. The molecule has 1 aromatic carbocycles. The quantitative estimate of drug-likeness (QED) is 0.524. The van der Waals surface area contributed by atoms with E-state index in [1.54, 1.807) is 18.4 Å². The Morgan fingerprint density at radius 2 is 1.81 bits per heavy atom. The van der Waals surface area contributed by atoms with E-state index in [4.69, 9.17) is 0 Å². The van der Waals surface area contributed by atoms with E-state index >= 15 is 0 Å². The van der Waals surface area contributed by atoms with Gasteiger partial charge in [-0.25, -0.2) is 18.3 Å². The fourth-order valence-electron chi connectivity index (χ4n) is 3.51. The average molecular weight is 443 g/mol. The van der Waals surface area contributed by atoms with Gasteiger partial charge in [0.15, 0.2) is 5.65 Å². The summed E-state index contributed by atoms with van der Waals surface area (Å²) in [4.78, 5) is 29.4. The van der Waals surface area contributed by atoms with Crippen molar-refractivity contribution in [3.05, 3.63) is 64.6 Å². The van der Waals surface area contributed by atoms with Crippen LogP contribution in [-0.2, 0) is 11.2 Å². The standard InChI is InChI=1S/C23H27F2N5O2/c1-13(2)21(28-22(31)20-17(24)8-5-9-18(20)25)23(32)26-10-6-7-16-12-19-27-14(3)11-15(4)30(19)29-16/h5,8-9,11-13,21H,6-7,10H2,1-4H3,(H,26,32)(H,28,31). The summed E-state index contributed by atoms with van der Waals surface area (Å²) >= 11 is 0. The first-order chi connectivity index (χ1) is 15.2. The molecule has 170 valence electrons. The van der Waals surface area contributed by atoms with E-state index in [1.807, 2.05) is 26.0 Å². The highest BCUT2D eigenvalue weighted by Gasteiger charge is 2.27. The number of fused-ring (bicyclic) bond motifs is 1. The first-order valence-electron chi connectivity index (χ1n) is 10.5. The molecule has 9 heteroatoms. The van der Waals surface area contributed by atoms with Crippen molar-refractivity contribution >= 4 is 17.5 Å². The third-order valence-corrected chi connectivity index (χ3v) is 5.12. The molecule has 3 rings (SSSR count). The molecule has 0 radical (unpaired) electrons. The second kappa shape index (κ2) is 9.84. The number of aryl methyl sites for hydroxylation is 3. The van der Waals surface area contributed by atoms with Crippen LogP contribution in [0.1, 0.15) is 47.7 Å². The van der Waals surface area contributed by atoms with Crippen LogP contribution < -0.4 is 10.6 Å². The minimum absolute atomic E-state index is 0.274. The Bertz CT molecular complexity index is 1120. The Morgan fingerprint density at radius 1 is 1.12 bits per heavy atom. The molecule has 0 bridgehead atoms. The van der Waals surface area contributed by atoms with Crippen molar-refractivity contribution in [3.8, 4) is 0 Å². The molecule has 2 aromatic heterocycles. The Kier molecular flexibility index (Phi) is 7.17. The van der Waals surface area contributed by atoms with Crippen LogP contribution in [-0.4, -0.2) is 39.0 Å². The molecule has 0 saturated heterocycles. The number of carbonyl (C=O) groups is 2. The summed E-state index contributed by atoms with van der Waals surface area (Å²) in [7, 11) is 0. The summed E-state index contributed by atoms with van der Waals surface area (Å²) in [5.74, 6) is -3.59. The molecule has 0 aliphatic carbocycles. The zero-order valence-electron chi connectivity index (χ0n) is 18.6. The van der Waals surface area contributed by atoms with Crippen LogP contribution in [0.2, 0.25) is 0 Å². The number of nitrogens with zero attached hydrogens (tertiary/aromatic N) is 3. The number of halogens is 2. The van der Waals surface area contributed by atoms with E-state index in [0.717, 1.165) is 34.9 Å². The molecular formula is C23H27F2N5O2. The van der Waals surface area contributed by atoms with Crippen LogP contribution in [0.15, 0.2) is 30.3 Å². The van der Waals surface area contributed by atoms with Gasteiger partial charge in [-0.3, -0.25) is 9.59 Å². The van der Waals surface area contributed by atoms with Crippen molar-refractivity contribution in [2.24, 2.45) is 5.92 Å². The largest absolute Gasteiger partial charge is 0.354 e. The minimum Gasteiger partial charge on any atom is -0.354 e. The minimum atomic E-state index is -0.974. The predicted molar refractivity (Wildman–Crippen MR) is 116 cm³/mol. The summed E-state index contributed by atoms with van der Waals surface area (Å²) < 4.78 is 29.5. The number of benzene rings is 1. The molecule has 0 aliphatic rings. The topological polar surface area (TPSA) is 88.4 Å². The average Bonchev–Trinajstić information content (AvgIpc) is 3.12. The summed E-state index contributed by atoms with van der Waals surface area (Å²) in [6, 6.07) is 6.13. The third-order valence-electron chi connectivity index (χ3n) is 5.12. The molecule has 1 atom stereocenters. The van der Waals surface area contributed by atoms with Crippen LogP contribution >= 0.6 is 0 Å². The molecule has 3 aromatic rings. The van der Waals surface area contributed by atoms with Crippen molar-refractivity contribution in [1.29, 1.82) is 0 Å². The molecule has 2 amide bonds. The van der Waals surface area contributed by atoms with Crippen molar-refractivity contribution in [2.75, 3.05) is 6.54 Å². The number of aromatic nitrogens is 3. The van der Waals surface area contributed by atoms with Crippen LogP contribution in [0, 0.1) is 31.4 Å². The van der Waals surface area contributed by atoms with Gasteiger partial charge in [0.1, 0.15) is 23.2 Å². The van der Waals surface area contributed by atoms with E-state index < -0.39 is 35.1 Å². The summed E-state index contributed by atoms with van der Waals surface area (Å²) in [5.41, 5.74) is 2.87. The second-order valence-electron chi connectivity index (χ2n) is 8.13. The molecule has 1 unspecified atom stereocenters. The van der Waals surface area contributed by atoms with Gasteiger partial charge < -0.3 is 10.6 Å². The van der Waals surface area contributed by atoms with Gasteiger partial charge in [0.05, 0.1) is 5.69 Å². The Labute approximate surface area is 185 Å². The lowest BCUT2D eigenvalue weighted by Gasteiger charge is -2.22. The smallest absolute Gasteiger partial charge is 0.257 e. The number of nitrogens with one attached hydrogen (secondary N) is 2. The molecule has 2 heterocycles. The van der Waals surface area contributed by atoms with Gasteiger partial charge in [-0.1, -0.05) is 19.9 Å². The molecule has 32 heavy (non-hydrogen) atoms. The van der Waals surface area contributed by atoms with Gasteiger partial charge in [0.25, 0.3) is 5.91 Å². The fourth-order valence-corrected chi connectivity index (χ4v) is 3.51. The van der Waals surface area contributed by atoms with Crippen molar-refractivity contribution in [3.63, 3.8) is 0 Å². The lowest BCUT2D eigenvalue weighted by Crippen LogP contribution is -2.50. The summed E-state index contributed by atoms with van der Waals surface area (Å²) in [6.07, 6.45) is 1.27. The van der Waals surface area contributed by atoms with Gasteiger partial charge in [-0.2, -0.15) is 5.10 Å². The van der Waals surface area contributed by atoms with Crippen molar-refractivity contribution < 1.29 is 18.4 Å². The molecule has 0 saturated carbocycles. The number of carbonyl (C=O) groups excluding carboxylic acids is 2. The van der Waals surface area contributed by atoms with Gasteiger partial charge >= 0.3 is 0 Å². The Hall–Kier alpha value is -3.36. The van der Waals surface area contributed by atoms with Crippen LogP contribution in [0.3, 0.4) is 0 Å².